The number of ether oxygens (including phenoxy) is 1. The maximum Gasteiger partial charge on any atom is 0.328 e. The molecule has 36 heavy (non-hydrogen) atoms. The number of hydrogen-bond acceptors (Lipinski definition) is 4. The molecule has 0 aliphatic heterocycles. The lowest BCUT2D eigenvalue weighted by atomic mass is 9.97. The van der Waals surface area contributed by atoms with Crippen LogP contribution in [0.4, 0.5) is 4.79 Å². The maximum atomic E-state index is 12.7. The summed E-state index contributed by atoms with van der Waals surface area (Å²) in [5.74, 6) is 0.608. The highest BCUT2D eigenvalue weighted by atomic mass is 35.5. The second-order valence-electron chi connectivity index (χ2n) is 9.94. The molecule has 2 amide bonds. The number of benzene rings is 1. The van der Waals surface area contributed by atoms with E-state index >= 15 is 0 Å². The van der Waals surface area contributed by atoms with Crippen molar-refractivity contribution in [1.29, 1.82) is 0 Å². The van der Waals surface area contributed by atoms with E-state index in [1.807, 2.05) is 38.2 Å². The largest absolute Gasteiger partial charge is 0.489 e. The number of aromatic nitrogens is 1. The molecule has 2 aliphatic carbocycles. The van der Waals surface area contributed by atoms with Crippen molar-refractivity contribution in [1.82, 2.24) is 15.2 Å². The summed E-state index contributed by atoms with van der Waals surface area (Å²) in [6.07, 6.45) is 6.51. The molecule has 3 N–H and O–H groups in total. The lowest BCUT2D eigenvalue weighted by molar-refractivity contribution is 0.148. The smallest absolute Gasteiger partial charge is 0.328 e. The van der Waals surface area contributed by atoms with Crippen molar-refractivity contribution in [2.75, 3.05) is 7.05 Å². The van der Waals surface area contributed by atoms with Gasteiger partial charge in [0.15, 0.2) is 0 Å². The van der Waals surface area contributed by atoms with Crippen LogP contribution >= 0.6 is 19.2 Å². The van der Waals surface area contributed by atoms with Crippen LogP contribution in [0.1, 0.15) is 62.6 Å². The highest BCUT2D eigenvalue weighted by Gasteiger charge is 2.35. The predicted octanol–water partition coefficient (Wildman–Crippen LogP) is 5.66. The Labute approximate surface area is 217 Å². The number of nitrogens with zero attached hydrogens (tertiary/aromatic N) is 2. The van der Waals surface area contributed by atoms with Crippen LogP contribution in [0.15, 0.2) is 30.3 Å². The molecule has 0 bridgehead atoms. The second kappa shape index (κ2) is 11.5. The van der Waals surface area contributed by atoms with Gasteiger partial charge >= 0.3 is 13.6 Å². The van der Waals surface area contributed by atoms with Gasteiger partial charge in [0, 0.05) is 30.2 Å². The number of halogens is 1. The number of carbonyl (C=O) groups excluding carboxylic acids is 1. The van der Waals surface area contributed by atoms with Crippen molar-refractivity contribution in [2.45, 2.75) is 82.6 Å². The number of hydrogen-bond donors (Lipinski definition) is 3. The van der Waals surface area contributed by atoms with Gasteiger partial charge in [-0.05, 0) is 75.3 Å². The van der Waals surface area contributed by atoms with E-state index in [4.69, 9.17) is 21.3 Å². The van der Waals surface area contributed by atoms with E-state index in [2.05, 4.69) is 5.32 Å². The molecule has 4 rings (SSSR count). The van der Waals surface area contributed by atoms with Gasteiger partial charge in [-0.25, -0.2) is 9.78 Å². The highest BCUT2D eigenvalue weighted by molar-refractivity contribution is 7.52. The quantitative estimate of drug-likeness (QED) is 0.394. The maximum absolute atomic E-state index is 12.7. The van der Waals surface area contributed by atoms with E-state index in [-0.39, 0.29) is 12.1 Å². The Balaban J connectivity index is 1.46. The molecule has 0 saturated heterocycles. The number of pyridine rings is 1. The summed E-state index contributed by atoms with van der Waals surface area (Å²) in [7, 11) is -2.27. The van der Waals surface area contributed by atoms with Crippen LogP contribution in [0.2, 0.25) is 5.02 Å². The molecule has 1 aromatic carbocycles. The molecule has 2 aliphatic rings. The molecule has 10 heteroatoms. The van der Waals surface area contributed by atoms with Gasteiger partial charge in [0.1, 0.15) is 5.75 Å². The highest BCUT2D eigenvalue weighted by Crippen LogP contribution is 2.48. The molecule has 196 valence electrons. The van der Waals surface area contributed by atoms with Gasteiger partial charge in [0.05, 0.1) is 23.2 Å². The van der Waals surface area contributed by atoms with Crippen LogP contribution in [0.5, 0.6) is 5.75 Å². The SMILES string of the molecule is Cc1nc(-c2ccc(Cl)cc2CNC(=O)N(C)C2CCCC2)ccc1OC1CCCC(P(=O)(O)O)C1. The van der Waals surface area contributed by atoms with Crippen molar-refractivity contribution in [3.05, 3.63) is 46.6 Å². The first-order valence-corrected chi connectivity index (χ1v) is 14.7. The molecule has 2 atom stereocenters. The van der Waals surface area contributed by atoms with Gasteiger partial charge in [0.2, 0.25) is 0 Å². The Morgan fingerprint density at radius 1 is 1.17 bits per heavy atom. The van der Waals surface area contributed by atoms with Gasteiger partial charge < -0.3 is 24.7 Å². The van der Waals surface area contributed by atoms with Gasteiger partial charge in [-0.2, -0.15) is 0 Å². The van der Waals surface area contributed by atoms with E-state index in [0.29, 0.717) is 41.9 Å². The van der Waals surface area contributed by atoms with Crippen molar-refractivity contribution >= 4 is 25.2 Å². The van der Waals surface area contributed by atoms with E-state index in [1.54, 1.807) is 11.0 Å². The Morgan fingerprint density at radius 3 is 2.61 bits per heavy atom. The van der Waals surface area contributed by atoms with Crippen LogP contribution in [-0.2, 0) is 11.1 Å². The van der Waals surface area contributed by atoms with Crippen LogP contribution in [0.25, 0.3) is 11.3 Å². The Morgan fingerprint density at radius 2 is 1.92 bits per heavy atom. The Bertz CT molecular complexity index is 1130. The zero-order valence-electron chi connectivity index (χ0n) is 20.8. The normalized spacial score (nSPS) is 20.8. The molecule has 1 heterocycles. The number of nitrogens with one attached hydrogen (secondary N) is 1. The van der Waals surface area contributed by atoms with Gasteiger partial charge in [-0.3, -0.25) is 4.57 Å². The van der Waals surface area contributed by atoms with E-state index in [0.717, 1.165) is 55.3 Å². The average molecular weight is 536 g/mol. The molecule has 2 fully saturated rings. The summed E-state index contributed by atoms with van der Waals surface area (Å²) in [5, 5.41) is 3.61. The minimum Gasteiger partial charge on any atom is -0.489 e. The number of carbonyl (C=O) groups is 1. The third-order valence-electron chi connectivity index (χ3n) is 7.37. The molecular weight excluding hydrogens is 501 g/mol. The first-order chi connectivity index (χ1) is 17.1. The summed E-state index contributed by atoms with van der Waals surface area (Å²) < 4.78 is 17.8. The standard InChI is InChI=1S/C26H35ClN3O5P/c1-17-25(35-21-8-5-9-22(15-21)36(32,33)34)13-12-24(29-17)23-11-10-19(27)14-18(23)16-28-26(31)30(2)20-6-3-4-7-20/h10-14,20-22H,3-9,15-16H2,1-2H3,(H,28,31)(H2,32,33,34). The first-order valence-electron chi connectivity index (χ1n) is 12.6. The second-order valence-corrected chi connectivity index (χ2v) is 12.3. The predicted molar refractivity (Wildman–Crippen MR) is 140 cm³/mol. The molecule has 2 aromatic rings. The molecule has 2 saturated carbocycles. The number of urea groups is 1. The lowest BCUT2D eigenvalue weighted by Crippen LogP contribution is -2.42. The molecule has 0 spiro atoms. The topological polar surface area (TPSA) is 112 Å². The fourth-order valence-corrected chi connectivity index (χ4v) is 6.47. The minimum atomic E-state index is -4.12. The van der Waals surface area contributed by atoms with Crippen molar-refractivity contribution in [3.63, 3.8) is 0 Å². The number of aryl methyl sites for hydroxylation is 1. The molecule has 0 radical (unpaired) electrons. The van der Waals surface area contributed by atoms with E-state index in [9.17, 15) is 19.1 Å². The van der Waals surface area contributed by atoms with Crippen LogP contribution in [0.3, 0.4) is 0 Å². The average Bonchev–Trinajstić information content (AvgIpc) is 3.38. The van der Waals surface area contributed by atoms with Crippen molar-refractivity contribution < 1.29 is 23.9 Å². The fourth-order valence-electron chi connectivity index (χ4n) is 5.25. The van der Waals surface area contributed by atoms with Gasteiger partial charge in [-0.15, -0.1) is 0 Å². The summed E-state index contributed by atoms with van der Waals surface area (Å²) in [6, 6.07) is 9.47. The zero-order valence-corrected chi connectivity index (χ0v) is 22.5. The first kappa shape index (κ1) is 26.9. The monoisotopic (exact) mass is 535 g/mol. The molecule has 8 nitrogen and oxygen atoms in total. The summed E-state index contributed by atoms with van der Waals surface area (Å²) >= 11 is 6.28. The molecule has 1 aromatic heterocycles. The summed E-state index contributed by atoms with van der Waals surface area (Å²) in [6.45, 7) is 2.19. The third-order valence-corrected chi connectivity index (χ3v) is 9.03. The minimum absolute atomic E-state index is 0.0956. The van der Waals surface area contributed by atoms with E-state index < -0.39 is 13.3 Å². The van der Waals surface area contributed by atoms with Gasteiger partial charge in [-0.1, -0.05) is 30.5 Å². The van der Waals surface area contributed by atoms with E-state index in [1.165, 1.54) is 0 Å². The van der Waals surface area contributed by atoms with Crippen LogP contribution < -0.4 is 10.1 Å². The van der Waals surface area contributed by atoms with Gasteiger partial charge in [0.25, 0.3) is 0 Å². The third kappa shape index (κ3) is 6.60. The lowest BCUT2D eigenvalue weighted by Gasteiger charge is -2.30. The summed E-state index contributed by atoms with van der Waals surface area (Å²) in [5.41, 5.74) is 2.52. The Hall–Kier alpha value is -2.12. The number of amides is 2. The molecular formula is C26H35ClN3O5P. The summed E-state index contributed by atoms with van der Waals surface area (Å²) in [4.78, 5) is 38.4. The van der Waals surface area contributed by atoms with Crippen molar-refractivity contribution in [3.8, 4) is 17.0 Å². The fraction of sp³-hybridized carbons (Fsp3) is 0.538. The van der Waals surface area contributed by atoms with Crippen LogP contribution in [0, 0.1) is 6.92 Å². The Kier molecular flexibility index (Phi) is 8.61. The zero-order chi connectivity index (χ0) is 25.9. The molecule has 2 unspecified atom stereocenters. The van der Waals surface area contributed by atoms with Crippen LogP contribution in [-0.4, -0.2) is 50.6 Å². The number of rotatable bonds is 7. The van der Waals surface area contributed by atoms with Crippen molar-refractivity contribution in [2.24, 2.45) is 0 Å².